The highest BCUT2D eigenvalue weighted by Gasteiger charge is 2.15. The van der Waals surface area contributed by atoms with Gasteiger partial charge in [0, 0.05) is 6.42 Å². The number of rotatable bonds is 7. The lowest BCUT2D eigenvalue weighted by Gasteiger charge is -2.10. The van der Waals surface area contributed by atoms with Crippen LogP contribution >= 0.6 is 0 Å². The first-order chi connectivity index (χ1) is 10.1. The molecule has 1 fully saturated rings. The number of hydrogen-bond donors (Lipinski definition) is 2. The summed E-state index contributed by atoms with van der Waals surface area (Å²) in [6, 6.07) is 6.15. The summed E-state index contributed by atoms with van der Waals surface area (Å²) in [6.07, 6.45) is 2.80. The number of amides is 1. The summed E-state index contributed by atoms with van der Waals surface area (Å²) in [5.74, 6) is 1.67. The molecule has 1 heterocycles. The quantitative estimate of drug-likeness (QED) is 0.757. The molecule has 1 aliphatic rings. The van der Waals surface area contributed by atoms with Crippen molar-refractivity contribution in [1.29, 1.82) is 0 Å². The Bertz CT molecular complexity index is 448. The number of ether oxygens (including phenoxy) is 1. The molecule has 0 aliphatic carbocycles. The minimum atomic E-state index is 0.130. The van der Waals surface area contributed by atoms with Crippen molar-refractivity contribution in [3.05, 3.63) is 29.3 Å². The van der Waals surface area contributed by atoms with Crippen molar-refractivity contribution < 1.29 is 9.53 Å². The van der Waals surface area contributed by atoms with Crippen LogP contribution in [0.5, 0.6) is 5.75 Å². The predicted octanol–water partition coefficient (Wildman–Crippen LogP) is 2.19. The summed E-state index contributed by atoms with van der Waals surface area (Å²) in [5.41, 5.74) is 2.39. The maximum atomic E-state index is 11.7. The normalized spacial score (nSPS) is 17.7. The van der Waals surface area contributed by atoms with E-state index in [0.717, 1.165) is 25.3 Å². The third-order valence-electron chi connectivity index (χ3n) is 3.83. The van der Waals surface area contributed by atoms with Crippen molar-refractivity contribution in [3.63, 3.8) is 0 Å². The third kappa shape index (κ3) is 5.76. The first-order valence-electron chi connectivity index (χ1n) is 7.82. The van der Waals surface area contributed by atoms with Gasteiger partial charge >= 0.3 is 0 Å². The number of hydrogen-bond acceptors (Lipinski definition) is 3. The summed E-state index contributed by atoms with van der Waals surface area (Å²) in [7, 11) is 0. The lowest BCUT2D eigenvalue weighted by molar-refractivity contribution is -0.121. The fourth-order valence-corrected chi connectivity index (χ4v) is 2.76. The molecule has 2 N–H and O–H groups in total. The first kappa shape index (κ1) is 15.8. The van der Waals surface area contributed by atoms with E-state index < -0.39 is 0 Å². The van der Waals surface area contributed by atoms with E-state index in [2.05, 4.69) is 30.5 Å². The van der Waals surface area contributed by atoms with Crippen molar-refractivity contribution in [2.75, 3.05) is 26.2 Å². The molecule has 1 aromatic carbocycles. The maximum absolute atomic E-state index is 11.7. The fourth-order valence-electron chi connectivity index (χ4n) is 2.76. The van der Waals surface area contributed by atoms with Gasteiger partial charge in [0.05, 0.1) is 6.54 Å². The second-order valence-electron chi connectivity index (χ2n) is 5.92. The van der Waals surface area contributed by atoms with E-state index in [0.29, 0.717) is 25.5 Å². The standard InChI is InChI=1S/C17H26N2O2/c1-13-9-14(2)11-16(10-13)21-8-7-19-17(20)4-3-15-5-6-18-12-15/h9-11,15,18H,3-8,12H2,1-2H3,(H,19,20). The summed E-state index contributed by atoms with van der Waals surface area (Å²) < 4.78 is 5.67. The predicted molar refractivity (Wildman–Crippen MR) is 84.6 cm³/mol. The second-order valence-corrected chi connectivity index (χ2v) is 5.92. The first-order valence-corrected chi connectivity index (χ1v) is 7.82. The molecule has 0 radical (unpaired) electrons. The lowest BCUT2D eigenvalue weighted by atomic mass is 10.0. The Balaban J connectivity index is 1.59. The molecule has 0 aromatic heterocycles. The molecule has 4 nitrogen and oxygen atoms in total. The lowest BCUT2D eigenvalue weighted by Crippen LogP contribution is -2.28. The van der Waals surface area contributed by atoms with Crippen LogP contribution in [0.15, 0.2) is 18.2 Å². The molecule has 0 saturated carbocycles. The van der Waals surface area contributed by atoms with Crippen LogP contribution < -0.4 is 15.4 Å². The van der Waals surface area contributed by atoms with Gasteiger partial charge in [0.2, 0.25) is 5.91 Å². The number of aryl methyl sites for hydroxylation is 2. The van der Waals surface area contributed by atoms with Crippen LogP contribution in [0.4, 0.5) is 0 Å². The van der Waals surface area contributed by atoms with Crippen LogP contribution in [0.2, 0.25) is 0 Å². The molecule has 1 atom stereocenters. The van der Waals surface area contributed by atoms with Gasteiger partial charge < -0.3 is 15.4 Å². The van der Waals surface area contributed by atoms with E-state index in [1.807, 2.05) is 12.1 Å². The van der Waals surface area contributed by atoms with Gasteiger partial charge in [0.1, 0.15) is 12.4 Å². The molecule has 0 spiro atoms. The maximum Gasteiger partial charge on any atom is 0.220 e. The zero-order valence-electron chi connectivity index (χ0n) is 13.1. The molecule has 116 valence electrons. The van der Waals surface area contributed by atoms with Crippen molar-refractivity contribution >= 4 is 5.91 Å². The highest BCUT2D eigenvalue weighted by Crippen LogP contribution is 2.16. The zero-order chi connectivity index (χ0) is 15.1. The molecule has 0 bridgehead atoms. The van der Waals surface area contributed by atoms with Gasteiger partial charge in [-0.15, -0.1) is 0 Å². The Morgan fingerprint density at radius 3 is 2.76 bits per heavy atom. The Hall–Kier alpha value is -1.55. The molecule has 1 unspecified atom stereocenters. The molecule has 21 heavy (non-hydrogen) atoms. The minimum Gasteiger partial charge on any atom is -0.492 e. The van der Waals surface area contributed by atoms with Crippen LogP contribution in [-0.2, 0) is 4.79 Å². The largest absolute Gasteiger partial charge is 0.492 e. The van der Waals surface area contributed by atoms with Gasteiger partial charge in [-0.3, -0.25) is 4.79 Å². The number of carbonyl (C=O) groups excluding carboxylic acids is 1. The monoisotopic (exact) mass is 290 g/mol. The van der Waals surface area contributed by atoms with Crippen molar-refractivity contribution in [3.8, 4) is 5.75 Å². The Morgan fingerprint density at radius 1 is 1.33 bits per heavy atom. The smallest absolute Gasteiger partial charge is 0.220 e. The number of benzene rings is 1. The SMILES string of the molecule is Cc1cc(C)cc(OCCNC(=O)CCC2CCNC2)c1. The number of nitrogens with one attached hydrogen (secondary N) is 2. The third-order valence-corrected chi connectivity index (χ3v) is 3.83. The molecule has 1 aliphatic heterocycles. The molecular weight excluding hydrogens is 264 g/mol. The van der Waals surface area contributed by atoms with Gasteiger partial charge in [0.25, 0.3) is 0 Å². The highest BCUT2D eigenvalue weighted by molar-refractivity contribution is 5.75. The average Bonchev–Trinajstić information content (AvgIpc) is 2.93. The second kappa shape index (κ2) is 8.03. The van der Waals surface area contributed by atoms with Gasteiger partial charge in [-0.25, -0.2) is 0 Å². The fraction of sp³-hybridized carbons (Fsp3) is 0.588. The minimum absolute atomic E-state index is 0.130. The number of carbonyl (C=O) groups is 1. The zero-order valence-corrected chi connectivity index (χ0v) is 13.1. The Kier molecular flexibility index (Phi) is 6.05. The van der Waals surface area contributed by atoms with E-state index in [1.165, 1.54) is 17.5 Å². The van der Waals surface area contributed by atoms with E-state index in [9.17, 15) is 4.79 Å². The van der Waals surface area contributed by atoms with Gasteiger partial charge in [0.15, 0.2) is 0 Å². The molecule has 2 rings (SSSR count). The van der Waals surface area contributed by atoms with Crippen LogP contribution in [0.1, 0.15) is 30.4 Å². The van der Waals surface area contributed by atoms with E-state index in [4.69, 9.17) is 4.74 Å². The van der Waals surface area contributed by atoms with E-state index in [-0.39, 0.29) is 5.91 Å². The average molecular weight is 290 g/mol. The molecule has 1 amide bonds. The van der Waals surface area contributed by atoms with Crippen molar-refractivity contribution in [1.82, 2.24) is 10.6 Å². The van der Waals surface area contributed by atoms with Crippen molar-refractivity contribution in [2.45, 2.75) is 33.1 Å². The van der Waals surface area contributed by atoms with Crippen LogP contribution in [0, 0.1) is 19.8 Å². The topological polar surface area (TPSA) is 50.4 Å². The Morgan fingerprint density at radius 2 is 2.10 bits per heavy atom. The van der Waals surface area contributed by atoms with E-state index >= 15 is 0 Å². The molecular formula is C17H26N2O2. The Labute approximate surface area is 127 Å². The van der Waals surface area contributed by atoms with Gasteiger partial charge in [-0.1, -0.05) is 6.07 Å². The summed E-state index contributed by atoms with van der Waals surface area (Å²) in [6.45, 7) is 7.34. The van der Waals surface area contributed by atoms with Gasteiger partial charge in [-0.05, 0) is 69.0 Å². The van der Waals surface area contributed by atoms with Gasteiger partial charge in [-0.2, -0.15) is 0 Å². The molecule has 1 aromatic rings. The molecule has 4 heteroatoms. The summed E-state index contributed by atoms with van der Waals surface area (Å²) in [5, 5.41) is 6.25. The van der Waals surface area contributed by atoms with Crippen LogP contribution in [-0.4, -0.2) is 32.1 Å². The molecule has 1 saturated heterocycles. The van der Waals surface area contributed by atoms with Crippen LogP contribution in [0.25, 0.3) is 0 Å². The van der Waals surface area contributed by atoms with E-state index in [1.54, 1.807) is 0 Å². The van der Waals surface area contributed by atoms with Crippen molar-refractivity contribution in [2.24, 2.45) is 5.92 Å². The summed E-state index contributed by atoms with van der Waals surface area (Å²) in [4.78, 5) is 11.7. The van der Waals surface area contributed by atoms with Crippen LogP contribution in [0.3, 0.4) is 0 Å². The highest BCUT2D eigenvalue weighted by atomic mass is 16.5. The summed E-state index contributed by atoms with van der Waals surface area (Å²) >= 11 is 0.